The lowest BCUT2D eigenvalue weighted by atomic mass is 10.3. The van der Waals surface area contributed by atoms with E-state index in [9.17, 15) is 8.42 Å². The lowest BCUT2D eigenvalue weighted by Crippen LogP contribution is -2.47. The molecule has 0 saturated carbocycles. The summed E-state index contributed by atoms with van der Waals surface area (Å²) in [7, 11) is -3.40. The van der Waals surface area contributed by atoms with Crippen LogP contribution in [0.15, 0.2) is 16.3 Å². The fraction of sp³-hybridized carbons (Fsp3) is 0.692. The zero-order valence-electron chi connectivity index (χ0n) is 12.1. The van der Waals surface area contributed by atoms with Crippen LogP contribution in [0.5, 0.6) is 0 Å². The zero-order chi connectivity index (χ0) is 14.8. The van der Waals surface area contributed by atoms with E-state index in [1.165, 1.54) is 15.6 Å². The molecule has 0 spiro atoms. The summed E-state index contributed by atoms with van der Waals surface area (Å²) < 4.78 is 32.4. The number of nitrogens with zero attached hydrogens (tertiary/aromatic N) is 1. The predicted octanol–water partition coefficient (Wildman–Crippen LogP) is 1.66. The number of rotatable bonds is 5. The maximum Gasteiger partial charge on any atom is 0.244 e. The van der Waals surface area contributed by atoms with Gasteiger partial charge in [-0.25, -0.2) is 8.42 Å². The van der Waals surface area contributed by atoms with Crippen molar-refractivity contribution >= 4 is 21.4 Å². The first kappa shape index (κ1) is 15.9. The van der Waals surface area contributed by atoms with Gasteiger partial charge in [-0.05, 0) is 26.5 Å². The van der Waals surface area contributed by atoms with Crippen molar-refractivity contribution in [3.05, 3.63) is 16.3 Å². The van der Waals surface area contributed by atoms with E-state index in [4.69, 9.17) is 4.74 Å². The second kappa shape index (κ2) is 6.53. The molecule has 2 unspecified atom stereocenters. The van der Waals surface area contributed by atoms with Crippen LogP contribution in [0.2, 0.25) is 0 Å². The van der Waals surface area contributed by atoms with Crippen molar-refractivity contribution in [2.24, 2.45) is 0 Å². The number of hydrogen-bond acceptors (Lipinski definition) is 5. The molecule has 2 atom stereocenters. The molecular weight excluding hydrogens is 296 g/mol. The molecule has 1 aromatic heterocycles. The third kappa shape index (κ3) is 3.59. The highest BCUT2D eigenvalue weighted by Crippen LogP contribution is 2.25. The Morgan fingerprint density at radius 1 is 1.40 bits per heavy atom. The van der Waals surface area contributed by atoms with E-state index in [-0.39, 0.29) is 12.2 Å². The molecule has 0 aliphatic carbocycles. The molecule has 1 saturated heterocycles. The number of morpholine rings is 1. The van der Waals surface area contributed by atoms with Gasteiger partial charge in [-0.15, -0.1) is 11.3 Å². The lowest BCUT2D eigenvalue weighted by molar-refractivity contribution is -0.0440. The molecule has 1 fully saturated rings. The van der Waals surface area contributed by atoms with Gasteiger partial charge in [0.25, 0.3) is 0 Å². The highest BCUT2D eigenvalue weighted by atomic mass is 32.2. The van der Waals surface area contributed by atoms with Crippen molar-refractivity contribution in [1.29, 1.82) is 0 Å². The van der Waals surface area contributed by atoms with E-state index in [0.717, 1.165) is 11.4 Å². The van der Waals surface area contributed by atoms with Gasteiger partial charge in [0.1, 0.15) is 0 Å². The maximum atomic E-state index is 12.6. The number of sulfonamides is 1. The van der Waals surface area contributed by atoms with Crippen molar-refractivity contribution < 1.29 is 13.2 Å². The Labute approximate surface area is 125 Å². The highest BCUT2D eigenvalue weighted by molar-refractivity contribution is 7.89. The molecule has 1 aliphatic heterocycles. The Hall–Kier alpha value is -0.470. The number of nitrogens with one attached hydrogen (secondary N) is 1. The van der Waals surface area contributed by atoms with Crippen molar-refractivity contribution in [3.63, 3.8) is 0 Å². The van der Waals surface area contributed by atoms with Gasteiger partial charge in [0, 0.05) is 29.9 Å². The molecule has 1 aliphatic rings. The topological polar surface area (TPSA) is 58.6 Å². The minimum atomic E-state index is -3.40. The first-order valence-corrected chi connectivity index (χ1v) is 9.19. The normalized spacial score (nSPS) is 24.9. The molecule has 0 amide bonds. The molecule has 0 aromatic carbocycles. The zero-order valence-corrected chi connectivity index (χ0v) is 13.8. The molecule has 0 bridgehead atoms. The highest BCUT2D eigenvalue weighted by Gasteiger charge is 2.32. The van der Waals surface area contributed by atoms with Crippen LogP contribution in [0.4, 0.5) is 0 Å². The van der Waals surface area contributed by atoms with Crippen LogP contribution in [0.1, 0.15) is 25.6 Å². The molecule has 0 radical (unpaired) electrons. The standard InChI is InChI=1S/C13H22N2O3S2/c1-4-14-6-12-5-13(9-19-12)20(16,17)15-7-10(2)18-11(3)8-15/h5,9-11,14H,4,6-8H2,1-3H3. The number of hydrogen-bond donors (Lipinski definition) is 1. The largest absolute Gasteiger partial charge is 0.373 e. The van der Waals surface area contributed by atoms with Crippen molar-refractivity contribution in [3.8, 4) is 0 Å². The fourth-order valence-corrected chi connectivity index (χ4v) is 5.14. The Morgan fingerprint density at radius 3 is 2.65 bits per heavy atom. The summed E-state index contributed by atoms with van der Waals surface area (Å²) in [6.45, 7) is 8.27. The third-order valence-electron chi connectivity index (χ3n) is 3.20. The van der Waals surface area contributed by atoms with Crippen LogP contribution in [0, 0.1) is 0 Å². The first-order valence-electron chi connectivity index (χ1n) is 6.87. The van der Waals surface area contributed by atoms with Crippen LogP contribution in [-0.2, 0) is 21.3 Å². The second-order valence-electron chi connectivity index (χ2n) is 5.11. The van der Waals surface area contributed by atoms with Crippen molar-refractivity contribution in [2.75, 3.05) is 19.6 Å². The molecule has 114 valence electrons. The van der Waals surface area contributed by atoms with Crippen LogP contribution in [0.3, 0.4) is 0 Å². The summed E-state index contributed by atoms with van der Waals surface area (Å²) in [5.74, 6) is 0. The minimum absolute atomic E-state index is 0.0617. The van der Waals surface area contributed by atoms with Crippen LogP contribution in [-0.4, -0.2) is 44.6 Å². The van der Waals surface area contributed by atoms with E-state index in [0.29, 0.717) is 24.5 Å². The maximum absolute atomic E-state index is 12.6. The monoisotopic (exact) mass is 318 g/mol. The third-order valence-corrected chi connectivity index (χ3v) is 6.10. The van der Waals surface area contributed by atoms with Gasteiger partial charge < -0.3 is 10.1 Å². The fourth-order valence-electron chi connectivity index (χ4n) is 2.31. The quantitative estimate of drug-likeness (QED) is 0.897. The van der Waals surface area contributed by atoms with Gasteiger partial charge in [0.05, 0.1) is 17.1 Å². The average Bonchev–Trinajstić information content (AvgIpc) is 2.84. The Bertz CT molecular complexity index is 532. The van der Waals surface area contributed by atoms with Crippen molar-refractivity contribution in [1.82, 2.24) is 9.62 Å². The van der Waals surface area contributed by atoms with Gasteiger partial charge in [0.2, 0.25) is 10.0 Å². The van der Waals surface area contributed by atoms with Gasteiger partial charge in [0.15, 0.2) is 0 Å². The summed E-state index contributed by atoms with van der Waals surface area (Å²) in [5.41, 5.74) is 0. The van der Waals surface area contributed by atoms with E-state index < -0.39 is 10.0 Å². The van der Waals surface area contributed by atoms with Gasteiger partial charge >= 0.3 is 0 Å². The SMILES string of the molecule is CCNCc1cc(S(=O)(=O)N2CC(C)OC(C)C2)cs1. The number of ether oxygens (including phenoxy) is 1. The van der Waals surface area contributed by atoms with Crippen LogP contribution in [0.25, 0.3) is 0 Å². The lowest BCUT2D eigenvalue weighted by Gasteiger charge is -2.34. The first-order chi connectivity index (χ1) is 9.43. The molecular formula is C13H22N2O3S2. The summed E-state index contributed by atoms with van der Waals surface area (Å²) in [6.07, 6.45) is -0.123. The Kier molecular flexibility index (Phi) is 5.19. The molecule has 1 aromatic rings. The molecule has 2 heterocycles. The average molecular weight is 318 g/mol. The molecule has 5 nitrogen and oxygen atoms in total. The number of thiophene rings is 1. The van der Waals surface area contributed by atoms with Crippen molar-refractivity contribution in [2.45, 2.75) is 44.4 Å². The molecule has 1 N–H and O–H groups in total. The molecule has 2 rings (SSSR count). The summed E-state index contributed by atoms with van der Waals surface area (Å²) >= 11 is 1.48. The van der Waals surface area contributed by atoms with Gasteiger partial charge in [-0.1, -0.05) is 6.92 Å². The van der Waals surface area contributed by atoms with Gasteiger partial charge in [-0.3, -0.25) is 0 Å². The van der Waals surface area contributed by atoms with E-state index in [2.05, 4.69) is 5.32 Å². The molecule has 7 heteroatoms. The summed E-state index contributed by atoms with van der Waals surface area (Å²) in [6, 6.07) is 1.77. The Balaban J connectivity index is 2.15. The molecule has 20 heavy (non-hydrogen) atoms. The summed E-state index contributed by atoms with van der Waals surface area (Å²) in [5, 5.41) is 4.93. The minimum Gasteiger partial charge on any atom is -0.373 e. The van der Waals surface area contributed by atoms with Crippen LogP contribution >= 0.6 is 11.3 Å². The van der Waals surface area contributed by atoms with E-state index in [1.54, 1.807) is 11.4 Å². The predicted molar refractivity (Wildman–Crippen MR) is 80.5 cm³/mol. The van der Waals surface area contributed by atoms with E-state index >= 15 is 0 Å². The summed E-state index contributed by atoms with van der Waals surface area (Å²) in [4.78, 5) is 1.44. The van der Waals surface area contributed by atoms with Gasteiger partial charge in [-0.2, -0.15) is 4.31 Å². The van der Waals surface area contributed by atoms with E-state index in [1.807, 2.05) is 20.8 Å². The smallest absolute Gasteiger partial charge is 0.244 e. The Morgan fingerprint density at radius 2 is 2.05 bits per heavy atom. The second-order valence-corrected chi connectivity index (χ2v) is 8.04. The van der Waals surface area contributed by atoms with Crippen LogP contribution < -0.4 is 5.32 Å².